The van der Waals surface area contributed by atoms with Gasteiger partial charge in [-0.2, -0.15) is 0 Å². The predicted octanol–water partition coefficient (Wildman–Crippen LogP) is 3.72. The molecule has 166 valence electrons. The van der Waals surface area contributed by atoms with Crippen LogP contribution in [0, 0.1) is 20.2 Å². The van der Waals surface area contributed by atoms with Gasteiger partial charge >= 0.3 is 0 Å². The summed E-state index contributed by atoms with van der Waals surface area (Å²) in [6.45, 7) is -0.194. The van der Waals surface area contributed by atoms with Crippen LogP contribution in [0.5, 0.6) is 0 Å². The Bertz CT molecular complexity index is 1310. The number of non-ortho nitro benzene ring substituents is 1. The Morgan fingerprint density at radius 1 is 1.00 bits per heavy atom. The van der Waals surface area contributed by atoms with Gasteiger partial charge in [0.25, 0.3) is 23.1 Å². The summed E-state index contributed by atoms with van der Waals surface area (Å²) in [4.78, 5) is 48.5. The molecule has 1 aliphatic heterocycles. The molecule has 0 spiro atoms. The van der Waals surface area contributed by atoms with E-state index in [1.54, 1.807) is 12.1 Å². The first-order valence-corrected chi connectivity index (χ1v) is 9.58. The van der Waals surface area contributed by atoms with Gasteiger partial charge in [-0.3, -0.25) is 29.8 Å². The zero-order valence-electron chi connectivity index (χ0n) is 16.8. The fourth-order valence-corrected chi connectivity index (χ4v) is 3.74. The summed E-state index contributed by atoms with van der Waals surface area (Å²) in [5.41, 5.74) is -1.20. The molecule has 1 aliphatic rings. The van der Waals surface area contributed by atoms with E-state index < -0.39 is 38.9 Å². The number of aliphatic hydroxyl groups is 1. The Labute approximate surface area is 185 Å². The minimum Gasteiger partial charge on any atom is -0.507 e. The number of para-hydroxylation sites is 1. The Morgan fingerprint density at radius 2 is 1.76 bits per heavy atom. The smallest absolute Gasteiger partial charge is 0.296 e. The molecular formula is C22H15N3O8. The molecule has 1 fully saturated rings. The van der Waals surface area contributed by atoms with Crippen molar-refractivity contribution in [3.63, 3.8) is 0 Å². The summed E-state index contributed by atoms with van der Waals surface area (Å²) >= 11 is 0. The number of carbonyl (C=O) groups is 2. The van der Waals surface area contributed by atoms with Crippen molar-refractivity contribution in [2.75, 3.05) is 0 Å². The van der Waals surface area contributed by atoms with Crippen molar-refractivity contribution < 1.29 is 29.0 Å². The van der Waals surface area contributed by atoms with E-state index in [0.29, 0.717) is 5.76 Å². The molecule has 1 atom stereocenters. The second-order valence-corrected chi connectivity index (χ2v) is 7.13. The molecule has 1 amide bonds. The van der Waals surface area contributed by atoms with E-state index in [-0.39, 0.29) is 29.0 Å². The van der Waals surface area contributed by atoms with Crippen molar-refractivity contribution in [2.24, 2.45) is 0 Å². The molecule has 33 heavy (non-hydrogen) atoms. The van der Waals surface area contributed by atoms with Gasteiger partial charge in [-0.05, 0) is 18.2 Å². The molecule has 0 saturated carbocycles. The number of amides is 1. The third-order valence-corrected chi connectivity index (χ3v) is 5.20. The molecule has 2 aromatic carbocycles. The number of benzene rings is 2. The van der Waals surface area contributed by atoms with Crippen LogP contribution < -0.4 is 0 Å². The first kappa shape index (κ1) is 21.4. The van der Waals surface area contributed by atoms with Crippen LogP contribution >= 0.6 is 0 Å². The lowest BCUT2D eigenvalue weighted by Gasteiger charge is -2.24. The van der Waals surface area contributed by atoms with E-state index in [1.807, 2.05) is 0 Å². The van der Waals surface area contributed by atoms with E-state index in [1.165, 1.54) is 48.7 Å². The van der Waals surface area contributed by atoms with Gasteiger partial charge in [0.2, 0.25) is 0 Å². The molecule has 0 radical (unpaired) electrons. The summed E-state index contributed by atoms with van der Waals surface area (Å²) in [7, 11) is 0. The molecule has 3 aromatic rings. The minimum absolute atomic E-state index is 0.000219. The standard InChI is InChI=1S/C22H15N3O8/c26-20(13-5-3-6-14(11-13)24(29)30)18-19(16-8-1-2-9-17(16)25(31)32)23(22(28)21(18)27)12-15-7-4-10-33-15/h1-11,19,26H,12H2/b20-18+. The van der Waals surface area contributed by atoms with Crippen LogP contribution in [-0.4, -0.2) is 31.5 Å². The largest absolute Gasteiger partial charge is 0.507 e. The van der Waals surface area contributed by atoms with Crippen LogP contribution in [0.25, 0.3) is 5.76 Å². The topological polar surface area (TPSA) is 157 Å². The fraction of sp³-hybridized carbons (Fsp3) is 0.0909. The number of carbonyl (C=O) groups excluding carboxylic acids is 2. The summed E-state index contributed by atoms with van der Waals surface area (Å²) in [5.74, 6) is -2.44. The maximum absolute atomic E-state index is 13.0. The zero-order valence-corrected chi connectivity index (χ0v) is 16.8. The molecule has 1 unspecified atom stereocenters. The van der Waals surface area contributed by atoms with Crippen LogP contribution in [0.4, 0.5) is 11.4 Å². The number of furan rings is 1. The average Bonchev–Trinajstić information content (AvgIpc) is 3.41. The number of Topliss-reactive ketones (excluding diaryl/α,β-unsaturated/α-hetero) is 1. The van der Waals surface area contributed by atoms with Gasteiger partial charge in [0.15, 0.2) is 0 Å². The van der Waals surface area contributed by atoms with E-state index in [0.717, 1.165) is 11.0 Å². The number of rotatable bonds is 6. The number of nitro benzene ring substituents is 2. The number of hydrogen-bond acceptors (Lipinski definition) is 8. The van der Waals surface area contributed by atoms with Crippen molar-refractivity contribution in [2.45, 2.75) is 12.6 Å². The van der Waals surface area contributed by atoms with Gasteiger partial charge in [0, 0.05) is 23.8 Å². The average molecular weight is 449 g/mol. The first-order chi connectivity index (χ1) is 15.8. The van der Waals surface area contributed by atoms with Gasteiger partial charge < -0.3 is 14.4 Å². The Hall–Kier alpha value is -4.80. The van der Waals surface area contributed by atoms with Gasteiger partial charge in [-0.15, -0.1) is 0 Å². The van der Waals surface area contributed by atoms with Crippen LogP contribution in [0.1, 0.15) is 22.9 Å². The zero-order chi connectivity index (χ0) is 23.7. The van der Waals surface area contributed by atoms with Gasteiger partial charge in [0.05, 0.1) is 39.8 Å². The lowest BCUT2D eigenvalue weighted by atomic mass is 9.94. The van der Waals surface area contributed by atoms with Gasteiger partial charge in [0.1, 0.15) is 11.5 Å². The monoisotopic (exact) mass is 449 g/mol. The number of aliphatic hydroxyl groups excluding tert-OH is 1. The SMILES string of the molecule is O=C1C(=O)N(Cc2ccco2)C(c2ccccc2[N+](=O)[O-])/C1=C(\O)c1cccc([N+](=O)[O-])c1. The molecule has 4 rings (SSSR count). The number of likely N-dealkylation sites (tertiary alicyclic amines) is 1. The summed E-state index contributed by atoms with van der Waals surface area (Å²) in [6, 6.07) is 12.2. The van der Waals surface area contributed by atoms with Crippen LogP contribution in [0.3, 0.4) is 0 Å². The second kappa shape index (κ2) is 8.38. The molecule has 11 heteroatoms. The predicted molar refractivity (Wildman–Crippen MR) is 113 cm³/mol. The highest BCUT2D eigenvalue weighted by atomic mass is 16.6. The number of ketones is 1. The first-order valence-electron chi connectivity index (χ1n) is 9.58. The Kier molecular flexibility index (Phi) is 5.44. The van der Waals surface area contributed by atoms with Crippen LogP contribution in [0.2, 0.25) is 0 Å². The van der Waals surface area contributed by atoms with E-state index in [9.17, 15) is 34.9 Å². The highest BCUT2D eigenvalue weighted by molar-refractivity contribution is 6.46. The summed E-state index contributed by atoms with van der Waals surface area (Å²) in [5, 5.41) is 33.8. The summed E-state index contributed by atoms with van der Waals surface area (Å²) in [6.07, 6.45) is 1.37. The highest BCUT2D eigenvalue weighted by Crippen LogP contribution is 2.43. The molecule has 1 aromatic heterocycles. The minimum atomic E-state index is -1.32. The lowest BCUT2D eigenvalue weighted by molar-refractivity contribution is -0.385. The van der Waals surface area contributed by atoms with E-state index in [2.05, 4.69) is 0 Å². The van der Waals surface area contributed by atoms with Crippen molar-refractivity contribution in [1.29, 1.82) is 0 Å². The molecule has 11 nitrogen and oxygen atoms in total. The molecule has 0 bridgehead atoms. The molecular weight excluding hydrogens is 434 g/mol. The molecule has 0 aliphatic carbocycles. The summed E-state index contributed by atoms with van der Waals surface area (Å²) < 4.78 is 5.27. The normalized spacial score (nSPS) is 17.3. The van der Waals surface area contributed by atoms with Gasteiger partial charge in [-0.1, -0.05) is 24.3 Å². The number of nitro groups is 2. The lowest BCUT2D eigenvalue weighted by Crippen LogP contribution is -2.29. The van der Waals surface area contributed by atoms with E-state index in [4.69, 9.17) is 4.42 Å². The van der Waals surface area contributed by atoms with Crippen LogP contribution in [-0.2, 0) is 16.1 Å². The van der Waals surface area contributed by atoms with Crippen molar-refractivity contribution in [1.82, 2.24) is 4.90 Å². The number of nitrogens with zero attached hydrogens (tertiary/aromatic N) is 3. The molecule has 1 saturated heterocycles. The highest BCUT2D eigenvalue weighted by Gasteiger charge is 2.48. The van der Waals surface area contributed by atoms with Crippen molar-refractivity contribution >= 4 is 28.8 Å². The van der Waals surface area contributed by atoms with Crippen molar-refractivity contribution in [3.8, 4) is 0 Å². The third kappa shape index (κ3) is 3.82. The second-order valence-electron chi connectivity index (χ2n) is 7.13. The van der Waals surface area contributed by atoms with Gasteiger partial charge in [-0.25, -0.2) is 0 Å². The Morgan fingerprint density at radius 3 is 2.42 bits per heavy atom. The Balaban J connectivity index is 1.94. The quantitative estimate of drug-likeness (QED) is 0.196. The van der Waals surface area contributed by atoms with Crippen molar-refractivity contribution in [3.05, 3.63) is 110 Å². The third-order valence-electron chi connectivity index (χ3n) is 5.20. The fourth-order valence-electron chi connectivity index (χ4n) is 3.74. The van der Waals surface area contributed by atoms with E-state index >= 15 is 0 Å². The number of hydrogen-bond donors (Lipinski definition) is 1. The maximum atomic E-state index is 13.0. The molecule has 2 heterocycles. The maximum Gasteiger partial charge on any atom is 0.296 e. The van der Waals surface area contributed by atoms with Crippen LogP contribution in [0.15, 0.2) is 76.9 Å². The molecule has 1 N–H and O–H groups in total.